The Morgan fingerprint density at radius 1 is 1.27 bits per heavy atom. The van der Waals surface area contributed by atoms with Crippen LogP contribution in [0.4, 0.5) is 0 Å². The Kier molecular flexibility index (Phi) is 5.55. The van der Waals surface area contributed by atoms with Crippen molar-refractivity contribution in [1.29, 1.82) is 0 Å². The highest BCUT2D eigenvalue weighted by Crippen LogP contribution is 2.25. The van der Waals surface area contributed by atoms with Gasteiger partial charge in [-0.2, -0.15) is 0 Å². The summed E-state index contributed by atoms with van der Waals surface area (Å²) in [5.41, 5.74) is 0.600. The van der Waals surface area contributed by atoms with Crippen LogP contribution < -0.4 is 10.1 Å². The van der Waals surface area contributed by atoms with E-state index >= 15 is 0 Å². The maximum Gasteiger partial charge on any atom is 0.302 e. The molecule has 1 amide bonds. The van der Waals surface area contributed by atoms with E-state index in [-0.39, 0.29) is 31.6 Å². The molecule has 0 saturated carbocycles. The number of nitrogens with zero attached hydrogens (tertiary/aromatic N) is 1. The first kappa shape index (κ1) is 16.0. The molecule has 1 aromatic carbocycles. The summed E-state index contributed by atoms with van der Waals surface area (Å²) in [7, 11) is 0. The van der Waals surface area contributed by atoms with E-state index in [9.17, 15) is 9.59 Å². The summed E-state index contributed by atoms with van der Waals surface area (Å²) in [6.45, 7) is 1.52. The van der Waals surface area contributed by atoms with Crippen LogP contribution in [0.3, 0.4) is 0 Å². The molecule has 0 unspecified atom stereocenters. The van der Waals surface area contributed by atoms with E-state index in [0.717, 1.165) is 5.39 Å². The van der Waals surface area contributed by atoms with E-state index in [4.69, 9.17) is 21.1 Å². The largest absolute Gasteiger partial charge is 0.481 e. The van der Waals surface area contributed by atoms with Gasteiger partial charge in [-0.3, -0.25) is 9.59 Å². The smallest absolute Gasteiger partial charge is 0.302 e. The van der Waals surface area contributed by atoms with Crippen LogP contribution in [0.5, 0.6) is 5.75 Å². The Labute approximate surface area is 132 Å². The molecule has 1 heterocycles. The van der Waals surface area contributed by atoms with Gasteiger partial charge in [0.1, 0.15) is 23.0 Å². The van der Waals surface area contributed by atoms with E-state index in [1.807, 2.05) is 18.2 Å². The normalized spacial score (nSPS) is 10.3. The third-order valence-corrected chi connectivity index (χ3v) is 2.95. The Balaban J connectivity index is 1.90. The summed E-state index contributed by atoms with van der Waals surface area (Å²) in [6.07, 6.45) is 0. The number of hydrogen-bond donors (Lipinski definition) is 1. The second kappa shape index (κ2) is 7.61. The lowest BCUT2D eigenvalue weighted by molar-refractivity contribution is -0.141. The number of carbonyl (C=O) groups excluding carboxylic acids is 2. The molecule has 2 rings (SSSR count). The van der Waals surface area contributed by atoms with Crippen molar-refractivity contribution in [2.45, 2.75) is 6.92 Å². The minimum atomic E-state index is -0.385. The van der Waals surface area contributed by atoms with Gasteiger partial charge in [0, 0.05) is 12.3 Å². The number of hydrogen-bond acceptors (Lipinski definition) is 5. The van der Waals surface area contributed by atoms with Crippen LogP contribution in [0, 0.1) is 0 Å². The Hall–Kier alpha value is -2.34. The molecule has 22 heavy (non-hydrogen) atoms. The van der Waals surface area contributed by atoms with Crippen molar-refractivity contribution < 1.29 is 19.1 Å². The lowest BCUT2D eigenvalue weighted by atomic mass is 10.2. The fourth-order valence-electron chi connectivity index (χ4n) is 1.79. The lowest BCUT2D eigenvalue weighted by Gasteiger charge is -2.09. The number of halogens is 1. The lowest BCUT2D eigenvalue weighted by Crippen LogP contribution is -2.32. The first-order valence-corrected chi connectivity index (χ1v) is 7.02. The standard InChI is InChI=1S/C15H15ClN2O4/c1-10(19)21-8-7-17-14(20)9-22-12-4-2-3-11-5-6-13(16)18-15(11)12/h2-6H,7-9H2,1H3,(H,17,20). The zero-order valence-corrected chi connectivity index (χ0v) is 12.7. The number of aromatic nitrogens is 1. The molecule has 0 aliphatic heterocycles. The van der Waals surface area contributed by atoms with Gasteiger partial charge in [-0.05, 0) is 18.2 Å². The van der Waals surface area contributed by atoms with E-state index in [1.165, 1.54) is 6.92 Å². The van der Waals surface area contributed by atoms with E-state index < -0.39 is 0 Å². The monoisotopic (exact) mass is 322 g/mol. The van der Waals surface area contributed by atoms with Gasteiger partial charge >= 0.3 is 5.97 Å². The van der Waals surface area contributed by atoms with Gasteiger partial charge in [-0.25, -0.2) is 4.98 Å². The molecule has 7 heteroatoms. The van der Waals surface area contributed by atoms with E-state index in [2.05, 4.69) is 10.3 Å². The van der Waals surface area contributed by atoms with Gasteiger partial charge in [0.05, 0.1) is 6.54 Å². The first-order valence-electron chi connectivity index (χ1n) is 6.64. The number of rotatable bonds is 6. The van der Waals surface area contributed by atoms with Gasteiger partial charge in [-0.1, -0.05) is 23.7 Å². The highest BCUT2D eigenvalue weighted by atomic mass is 35.5. The van der Waals surface area contributed by atoms with Crippen molar-refractivity contribution in [3.05, 3.63) is 35.5 Å². The van der Waals surface area contributed by atoms with Gasteiger partial charge < -0.3 is 14.8 Å². The fraction of sp³-hybridized carbons (Fsp3) is 0.267. The van der Waals surface area contributed by atoms with Crippen LogP contribution in [-0.4, -0.2) is 36.6 Å². The number of amides is 1. The summed E-state index contributed by atoms with van der Waals surface area (Å²) in [5, 5.41) is 3.81. The quantitative estimate of drug-likeness (QED) is 0.499. The number of fused-ring (bicyclic) bond motifs is 1. The molecule has 116 valence electrons. The average Bonchev–Trinajstić information content (AvgIpc) is 2.49. The van der Waals surface area contributed by atoms with Crippen molar-refractivity contribution in [2.75, 3.05) is 19.8 Å². The summed E-state index contributed by atoms with van der Waals surface area (Å²) < 4.78 is 10.2. The average molecular weight is 323 g/mol. The number of carbonyl (C=O) groups is 2. The Bertz CT molecular complexity index is 690. The maximum atomic E-state index is 11.6. The topological polar surface area (TPSA) is 77.5 Å². The second-order valence-electron chi connectivity index (χ2n) is 4.44. The highest BCUT2D eigenvalue weighted by Gasteiger charge is 2.07. The Morgan fingerprint density at radius 2 is 2.09 bits per heavy atom. The molecule has 0 fully saturated rings. The van der Waals surface area contributed by atoms with Crippen LogP contribution in [0.1, 0.15) is 6.92 Å². The minimum absolute atomic E-state index is 0.131. The predicted octanol–water partition coefficient (Wildman–Crippen LogP) is 1.95. The molecule has 0 bridgehead atoms. The van der Waals surface area contributed by atoms with E-state index in [0.29, 0.717) is 16.4 Å². The summed E-state index contributed by atoms with van der Waals surface area (Å²) in [5.74, 6) is -0.217. The first-order chi connectivity index (χ1) is 10.6. The van der Waals surface area contributed by atoms with Gasteiger partial charge in [0.2, 0.25) is 0 Å². The van der Waals surface area contributed by atoms with Gasteiger partial charge in [0.25, 0.3) is 5.91 Å². The van der Waals surface area contributed by atoms with Crippen molar-refractivity contribution in [3.63, 3.8) is 0 Å². The van der Waals surface area contributed by atoms with Crippen LogP contribution in [0.15, 0.2) is 30.3 Å². The zero-order chi connectivity index (χ0) is 15.9. The molecule has 1 aromatic heterocycles. The second-order valence-corrected chi connectivity index (χ2v) is 4.83. The molecular weight excluding hydrogens is 308 g/mol. The van der Waals surface area contributed by atoms with Crippen LogP contribution in [-0.2, 0) is 14.3 Å². The molecule has 0 radical (unpaired) electrons. The van der Waals surface area contributed by atoms with E-state index in [1.54, 1.807) is 12.1 Å². The fourth-order valence-corrected chi connectivity index (χ4v) is 1.94. The van der Waals surface area contributed by atoms with Gasteiger partial charge in [0.15, 0.2) is 6.61 Å². The van der Waals surface area contributed by atoms with Crippen molar-refractivity contribution in [1.82, 2.24) is 10.3 Å². The Morgan fingerprint density at radius 3 is 2.86 bits per heavy atom. The molecule has 0 aliphatic carbocycles. The SMILES string of the molecule is CC(=O)OCCNC(=O)COc1cccc2ccc(Cl)nc12. The van der Waals surface area contributed by atoms with Crippen LogP contribution in [0.2, 0.25) is 5.15 Å². The number of pyridine rings is 1. The number of esters is 1. The summed E-state index contributed by atoms with van der Waals surface area (Å²) in [4.78, 5) is 26.4. The minimum Gasteiger partial charge on any atom is -0.481 e. The molecule has 0 spiro atoms. The summed E-state index contributed by atoms with van der Waals surface area (Å²) in [6, 6.07) is 8.93. The van der Waals surface area contributed by atoms with Crippen molar-refractivity contribution >= 4 is 34.4 Å². The molecule has 0 saturated heterocycles. The number of benzene rings is 1. The maximum absolute atomic E-state index is 11.6. The third kappa shape index (κ3) is 4.60. The molecule has 1 N–H and O–H groups in total. The zero-order valence-electron chi connectivity index (χ0n) is 12.0. The highest BCUT2D eigenvalue weighted by molar-refractivity contribution is 6.29. The molecule has 2 aromatic rings. The molecule has 0 atom stereocenters. The number of nitrogens with one attached hydrogen (secondary N) is 1. The predicted molar refractivity (Wildman–Crippen MR) is 81.9 cm³/mol. The third-order valence-electron chi connectivity index (χ3n) is 2.74. The van der Waals surface area contributed by atoms with Crippen LogP contribution >= 0.6 is 11.6 Å². The molecule has 0 aliphatic rings. The summed E-state index contributed by atoms with van der Waals surface area (Å²) >= 11 is 5.88. The van der Waals surface area contributed by atoms with Gasteiger partial charge in [-0.15, -0.1) is 0 Å². The van der Waals surface area contributed by atoms with Crippen molar-refractivity contribution in [3.8, 4) is 5.75 Å². The molecule has 6 nitrogen and oxygen atoms in total. The van der Waals surface area contributed by atoms with Crippen molar-refractivity contribution in [2.24, 2.45) is 0 Å². The number of ether oxygens (including phenoxy) is 2. The molecular formula is C15H15ClN2O4. The number of para-hydroxylation sites is 1. The van der Waals surface area contributed by atoms with Crippen LogP contribution in [0.25, 0.3) is 10.9 Å².